The van der Waals surface area contributed by atoms with Crippen LogP contribution >= 0.6 is 0 Å². The van der Waals surface area contributed by atoms with Gasteiger partial charge in [-0.05, 0) is 59.8 Å². The summed E-state index contributed by atoms with van der Waals surface area (Å²) in [4.78, 5) is 29.9. The van der Waals surface area contributed by atoms with Gasteiger partial charge in [0.25, 0.3) is 0 Å². The van der Waals surface area contributed by atoms with Gasteiger partial charge >= 0.3 is 11.8 Å². The normalized spacial score (nSPS) is 22.3. The molecule has 1 amide bonds. The van der Waals surface area contributed by atoms with Gasteiger partial charge in [0.1, 0.15) is 17.5 Å². The van der Waals surface area contributed by atoms with Crippen LogP contribution in [-0.4, -0.2) is 40.2 Å². The molecule has 2 aliphatic rings. The van der Waals surface area contributed by atoms with Crippen LogP contribution in [-0.2, 0) is 17.6 Å². The Morgan fingerprint density at radius 3 is 2.78 bits per heavy atom. The van der Waals surface area contributed by atoms with Gasteiger partial charge in [0, 0.05) is 24.3 Å². The maximum Gasteiger partial charge on any atom is 0.408 e. The maximum atomic E-state index is 12.3. The molecule has 1 N–H and O–H groups in total. The third-order valence-electron chi connectivity index (χ3n) is 5.07. The van der Waals surface area contributed by atoms with Gasteiger partial charge < -0.3 is 15.0 Å². The SMILES string of the molecule is CC1(NC(=O)OC(C)(C)C)CCCN(c2c([N+](=O)[O-])cnc3c2CCC3)C1. The molecule has 148 valence electrons. The smallest absolute Gasteiger partial charge is 0.408 e. The fraction of sp³-hybridized carbons (Fsp3) is 0.684. The molecule has 0 aromatic carbocycles. The van der Waals surface area contributed by atoms with Crippen molar-refractivity contribution < 1.29 is 14.5 Å². The molecule has 0 bridgehead atoms. The summed E-state index contributed by atoms with van der Waals surface area (Å²) >= 11 is 0. The predicted molar refractivity (Wildman–Crippen MR) is 102 cm³/mol. The fourth-order valence-corrected chi connectivity index (χ4v) is 4.05. The van der Waals surface area contributed by atoms with E-state index in [0.717, 1.165) is 49.9 Å². The van der Waals surface area contributed by atoms with Crippen molar-refractivity contribution in [2.24, 2.45) is 0 Å². The number of aromatic nitrogens is 1. The van der Waals surface area contributed by atoms with Crippen LogP contribution in [0.25, 0.3) is 0 Å². The van der Waals surface area contributed by atoms with Crippen LogP contribution in [0.15, 0.2) is 6.20 Å². The third kappa shape index (κ3) is 4.31. The highest BCUT2D eigenvalue weighted by molar-refractivity contribution is 5.71. The van der Waals surface area contributed by atoms with Crippen molar-refractivity contribution in [2.75, 3.05) is 18.0 Å². The zero-order chi connectivity index (χ0) is 19.8. The van der Waals surface area contributed by atoms with E-state index in [0.29, 0.717) is 12.2 Å². The first-order valence-corrected chi connectivity index (χ1v) is 9.49. The number of rotatable bonds is 3. The number of nitrogens with one attached hydrogen (secondary N) is 1. The molecule has 1 aromatic heterocycles. The molecule has 27 heavy (non-hydrogen) atoms. The van der Waals surface area contributed by atoms with E-state index in [2.05, 4.69) is 10.3 Å². The number of anilines is 1. The Morgan fingerprint density at radius 1 is 1.37 bits per heavy atom. The van der Waals surface area contributed by atoms with Crippen molar-refractivity contribution in [1.82, 2.24) is 10.3 Å². The average Bonchev–Trinajstić information content (AvgIpc) is 2.99. The first-order valence-electron chi connectivity index (χ1n) is 9.49. The highest BCUT2D eigenvalue weighted by Crippen LogP contribution is 2.39. The van der Waals surface area contributed by atoms with Crippen LogP contribution in [0.4, 0.5) is 16.2 Å². The van der Waals surface area contributed by atoms with E-state index < -0.39 is 17.2 Å². The van der Waals surface area contributed by atoms with Crippen molar-refractivity contribution in [2.45, 2.75) is 70.9 Å². The third-order valence-corrected chi connectivity index (χ3v) is 5.07. The Bertz CT molecular complexity index is 759. The lowest BCUT2D eigenvalue weighted by Gasteiger charge is -2.42. The van der Waals surface area contributed by atoms with Crippen LogP contribution in [0.5, 0.6) is 0 Å². The van der Waals surface area contributed by atoms with Gasteiger partial charge in [-0.15, -0.1) is 0 Å². The monoisotopic (exact) mass is 376 g/mol. The average molecular weight is 376 g/mol. The minimum atomic E-state index is -0.570. The second-order valence-electron chi connectivity index (χ2n) is 8.74. The zero-order valence-electron chi connectivity index (χ0n) is 16.5. The molecule has 2 heterocycles. The predicted octanol–water partition coefficient (Wildman–Crippen LogP) is 3.36. The number of fused-ring (bicyclic) bond motifs is 1. The number of nitro groups is 1. The Morgan fingerprint density at radius 2 is 2.11 bits per heavy atom. The van der Waals surface area contributed by atoms with Crippen LogP contribution in [0, 0.1) is 10.1 Å². The molecule has 1 fully saturated rings. The lowest BCUT2D eigenvalue weighted by molar-refractivity contribution is -0.384. The van der Waals surface area contributed by atoms with E-state index in [4.69, 9.17) is 4.74 Å². The van der Waals surface area contributed by atoms with Crippen molar-refractivity contribution in [3.63, 3.8) is 0 Å². The van der Waals surface area contributed by atoms with Crippen molar-refractivity contribution in [1.29, 1.82) is 0 Å². The van der Waals surface area contributed by atoms with Gasteiger partial charge in [-0.25, -0.2) is 4.79 Å². The van der Waals surface area contributed by atoms with Gasteiger partial charge in [-0.1, -0.05) is 0 Å². The molecule has 1 saturated heterocycles. The molecular weight excluding hydrogens is 348 g/mol. The lowest BCUT2D eigenvalue weighted by Crippen LogP contribution is -2.57. The molecule has 0 spiro atoms. The number of amides is 1. The van der Waals surface area contributed by atoms with Crippen molar-refractivity contribution >= 4 is 17.5 Å². The highest BCUT2D eigenvalue weighted by Gasteiger charge is 2.38. The number of pyridine rings is 1. The standard InChI is InChI=1S/C19H28N4O4/c1-18(2,3)27-17(24)21-19(4)9-6-10-22(12-19)16-13-7-5-8-14(13)20-11-15(16)23(25)26/h11H,5-10,12H2,1-4H3,(H,21,24). The topological polar surface area (TPSA) is 97.6 Å². The number of aryl methyl sites for hydroxylation is 1. The lowest BCUT2D eigenvalue weighted by atomic mass is 9.90. The number of hydrogen-bond acceptors (Lipinski definition) is 6. The van der Waals surface area contributed by atoms with Gasteiger partial charge in [-0.3, -0.25) is 15.1 Å². The Labute approximate surface area is 159 Å². The largest absolute Gasteiger partial charge is 0.444 e. The van der Waals surface area contributed by atoms with E-state index >= 15 is 0 Å². The second kappa shape index (κ2) is 6.98. The summed E-state index contributed by atoms with van der Waals surface area (Å²) in [6, 6.07) is 0. The van der Waals surface area contributed by atoms with Crippen LogP contribution in [0.3, 0.4) is 0 Å². The molecule has 3 rings (SSSR count). The molecule has 1 aromatic rings. The molecule has 8 nitrogen and oxygen atoms in total. The molecule has 1 unspecified atom stereocenters. The first kappa shape index (κ1) is 19.4. The number of ether oxygens (including phenoxy) is 1. The highest BCUT2D eigenvalue weighted by atomic mass is 16.6. The summed E-state index contributed by atoms with van der Waals surface area (Å²) < 4.78 is 5.40. The summed E-state index contributed by atoms with van der Waals surface area (Å²) in [6.07, 6.45) is 5.20. The number of alkyl carbamates (subject to hydrolysis) is 1. The summed E-state index contributed by atoms with van der Waals surface area (Å²) in [6.45, 7) is 8.67. The van der Waals surface area contributed by atoms with E-state index in [1.54, 1.807) is 0 Å². The first-order chi connectivity index (χ1) is 12.6. The van der Waals surface area contributed by atoms with Gasteiger partial charge in [0.15, 0.2) is 0 Å². The summed E-state index contributed by atoms with van der Waals surface area (Å²) in [7, 11) is 0. The quantitative estimate of drug-likeness (QED) is 0.642. The van der Waals surface area contributed by atoms with E-state index in [1.165, 1.54) is 6.20 Å². The number of carbonyl (C=O) groups is 1. The number of nitrogens with zero attached hydrogens (tertiary/aromatic N) is 3. The molecule has 8 heteroatoms. The van der Waals surface area contributed by atoms with Gasteiger partial charge in [0.2, 0.25) is 0 Å². The van der Waals surface area contributed by atoms with E-state index in [1.807, 2.05) is 32.6 Å². The fourth-order valence-electron chi connectivity index (χ4n) is 4.05. The Hall–Kier alpha value is -2.38. The van der Waals surface area contributed by atoms with Crippen LogP contribution < -0.4 is 10.2 Å². The van der Waals surface area contributed by atoms with Crippen molar-refractivity contribution in [3.8, 4) is 0 Å². The van der Waals surface area contributed by atoms with Crippen LogP contribution in [0.1, 0.15) is 58.2 Å². The number of piperidine rings is 1. The number of hydrogen-bond donors (Lipinski definition) is 1. The van der Waals surface area contributed by atoms with E-state index in [9.17, 15) is 14.9 Å². The maximum absolute atomic E-state index is 12.3. The number of carbonyl (C=O) groups excluding carboxylic acids is 1. The molecule has 1 atom stereocenters. The van der Waals surface area contributed by atoms with Crippen LogP contribution in [0.2, 0.25) is 0 Å². The second-order valence-corrected chi connectivity index (χ2v) is 8.74. The van der Waals surface area contributed by atoms with Crippen molar-refractivity contribution in [3.05, 3.63) is 27.6 Å². The molecule has 1 aliphatic carbocycles. The van der Waals surface area contributed by atoms with Gasteiger partial charge in [0.05, 0.1) is 10.5 Å². The summed E-state index contributed by atoms with van der Waals surface area (Å²) in [5.41, 5.74) is 1.60. The molecule has 0 saturated carbocycles. The Balaban J connectivity index is 1.86. The minimum absolute atomic E-state index is 0.0529. The summed E-state index contributed by atoms with van der Waals surface area (Å²) in [5, 5.41) is 14.6. The van der Waals surface area contributed by atoms with Gasteiger partial charge in [-0.2, -0.15) is 0 Å². The summed E-state index contributed by atoms with van der Waals surface area (Å²) in [5.74, 6) is 0. The molecule has 1 aliphatic heterocycles. The zero-order valence-corrected chi connectivity index (χ0v) is 16.5. The molecular formula is C19H28N4O4. The minimum Gasteiger partial charge on any atom is -0.444 e. The molecule has 0 radical (unpaired) electrons. The Kier molecular flexibility index (Phi) is 5.01. The van der Waals surface area contributed by atoms with E-state index in [-0.39, 0.29) is 10.6 Å².